The van der Waals surface area contributed by atoms with E-state index in [4.69, 9.17) is 14.0 Å². The van der Waals surface area contributed by atoms with E-state index in [2.05, 4.69) is 39.3 Å². The van der Waals surface area contributed by atoms with Crippen molar-refractivity contribution in [2.45, 2.75) is 18.8 Å². The van der Waals surface area contributed by atoms with E-state index in [1.165, 1.54) is 14.2 Å². The van der Waals surface area contributed by atoms with Crippen molar-refractivity contribution in [3.05, 3.63) is 42.3 Å². The number of methoxy groups -OCH3 is 2. The van der Waals surface area contributed by atoms with Crippen molar-refractivity contribution in [2.24, 2.45) is 0 Å². The SMILES string of the molecule is C=CC(CCCI)c1nc(-c2ccc(OC)c(C(=O)OC)c2)no1. The van der Waals surface area contributed by atoms with E-state index in [1.54, 1.807) is 18.2 Å². The molecule has 1 aromatic carbocycles. The van der Waals surface area contributed by atoms with Gasteiger partial charge in [0.25, 0.3) is 0 Å². The summed E-state index contributed by atoms with van der Waals surface area (Å²) >= 11 is 2.33. The smallest absolute Gasteiger partial charge is 0.341 e. The molecule has 1 heterocycles. The number of hydrogen-bond donors (Lipinski definition) is 0. The average Bonchev–Trinajstić information content (AvgIpc) is 3.11. The normalized spacial score (nSPS) is 11.8. The van der Waals surface area contributed by atoms with Gasteiger partial charge in [0.2, 0.25) is 11.7 Å². The molecule has 0 fully saturated rings. The van der Waals surface area contributed by atoms with E-state index in [0.717, 1.165) is 17.3 Å². The van der Waals surface area contributed by atoms with Crippen LogP contribution in [0.3, 0.4) is 0 Å². The summed E-state index contributed by atoms with van der Waals surface area (Å²) in [5, 5.41) is 4.02. The molecule has 0 spiro atoms. The molecule has 1 unspecified atom stereocenters. The van der Waals surface area contributed by atoms with Crippen molar-refractivity contribution in [2.75, 3.05) is 18.6 Å². The number of alkyl halides is 1. The van der Waals surface area contributed by atoms with E-state index in [9.17, 15) is 4.79 Å². The molecule has 0 aliphatic heterocycles. The Hall–Kier alpha value is -1.90. The fraction of sp³-hybridized carbons (Fsp3) is 0.353. The lowest BCUT2D eigenvalue weighted by atomic mass is 10.0. The largest absolute Gasteiger partial charge is 0.496 e. The fourth-order valence-corrected chi connectivity index (χ4v) is 2.70. The van der Waals surface area contributed by atoms with Crippen LogP contribution in [0.15, 0.2) is 35.4 Å². The van der Waals surface area contributed by atoms with Gasteiger partial charge >= 0.3 is 5.97 Å². The lowest BCUT2D eigenvalue weighted by Crippen LogP contribution is -2.04. The van der Waals surface area contributed by atoms with Crippen LogP contribution < -0.4 is 4.74 Å². The third kappa shape index (κ3) is 4.14. The first-order valence-corrected chi connectivity index (χ1v) is 8.96. The zero-order valence-corrected chi connectivity index (χ0v) is 15.8. The number of rotatable bonds is 8. The fourth-order valence-electron chi connectivity index (χ4n) is 2.26. The summed E-state index contributed by atoms with van der Waals surface area (Å²) in [6, 6.07) is 5.08. The van der Waals surface area contributed by atoms with Crippen molar-refractivity contribution in [3.63, 3.8) is 0 Å². The Kier molecular flexibility index (Phi) is 6.77. The van der Waals surface area contributed by atoms with E-state index < -0.39 is 5.97 Å². The predicted molar refractivity (Wildman–Crippen MR) is 98.7 cm³/mol. The van der Waals surface area contributed by atoms with Gasteiger partial charge in [-0.25, -0.2) is 4.79 Å². The number of benzene rings is 1. The Balaban J connectivity index is 2.32. The molecule has 24 heavy (non-hydrogen) atoms. The molecule has 0 aliphatic carbocycles. The number of esters is 1. The van der Waals surface area contributed by atoms with Gasteiger partial charge in [0.15, 0.2) is 0 Å². The van der Waals surface area contributed by atoms with Crippen molar-refractivity contribution in [1.29, 1.82) is 0 Å². The molecule has 0 aliphatic rings. The number of halogens is 1. The molecule has 1 atom stereocenters. The Bertz CT molecular complexity index is 714. The lowest BCUT2D eigenvalue weighted by molar-refractivity contribution is 0.0597. The summed E-state index contributed by atoms with van der Waals surface area (Å²) in [7, 11) is 2.82. The maximum atomic E-state index is 11.9. The minimum Gasteiger partial charge on any atom is -0.496 e. The van der Waals surface area contributed by atoms with Crippen molar-refractivity contribution >= 4 is 28.6 Å². The van der Waals surface area contributed by atoms with Gasteiger partial charge in [-0.2, -0.15) is 4.98 Å². The number of nitrogens with zero attached hydrogens (tertiary/aromatic N) is 2. The van der Waals surface area contributed by atoms with Crippen molar-refractivity contribution < 1.29 is 18.8 Å². The Labute approximate surface area is 154 Å². The zero-order chi connectivity index (χ0) is 17.5. The van der Waals surface area contributed by atoms with Gasteiger partial charge in [-0.3, -0.25) is 0 Å². The zero-order valence-electron chi connectivity index (χ0n) is 13.6. The first kappa shape index (κ1) is 18.4. The number of carbonyl (C=O) groups is 1. The molecule has 7 heteroatoms. The van der Waals surface area contributed by atoms with E-state index in [-0.39, 0.29) is 5.92 Å². The first-order chi connectivity index (χ1) is 11.6. The lowest BCUT2D eigenvalue weighted by Gasteiger charge is -2.07. The molecule has 0 bridgehead atoms. The molecule has 128 valence electrons. The molecule has 0 N–H and O–H groups in total. The van der Waals surface area contributed by atoms with Crippen LogP contribution in [-0.4, -0.2) is 34.8 Å². The molecule has 0 amide bonds. The van der Waals surface area contributed by atoms with E-state index >= 15 is 0 Å². The third-order valence-corrected chi connectivity index (χ3v) is 4.32. The highest BCUT2D eigenvalue weighted by Crippen LogP contribution is 2.28. The van der Waals surface area contributed by atoms with Crippen molar-refractivity contribution in [1.82, 2.24) is 10.1 Å². The maximum absolute atomic E-state index is 11.9. The molecule has 2 aromatic rings. The molecular weight excluding hydrogens is 423 g/mol. The summed E-state index contributed by atoms with van der Waals surface area (Å²) in [6.07, 6.45) is 3.77. The van der Waals surface area contributed by atoms with Crippen LogP contribution in [0, 0.1) is 0 Å². The Morgan fingerprint density at radius 3 is 2.88 bits per heavy atom. The molecule has 1 aromatic heterocycles. The predicted octanol–water partition coefficient (Wildman–Crippen LogP) is 4.02. The standard InChI is InChI=1S/C17H19IN2O4/c1-4-11(6-5-9-18)16-19-15(20-24-16)12-7-8-14(22-2)13(10-12)17(21)23-3/h4,7-8,10-11H,1,5-6,9H2,2-3H3. The summed E-state index contributed by atoms with van der Waals surface area (Å²) in [5.41, 5.74) is 0.969. The Morgan fingerprint density at radius 2 is 2.25 bits per heavy atom. The quantitative estimate of drug-likeness (QED) is 0.266. The molecule has 0 radical (unpaired) electrons. The van der Waals surface area contributed by atoms with Crippen LogP contribution in [0.5, 0.6) is 5.75 Å². The Morgan fingerprint density at radius 1 is 1.46 bits per heavy atom. The number of aromatic nitrogens is 2. The maximum Gasteiger partial charge on any atom is 0.341 e. The summed E-state index contributed by atoms with van der Waals surface area (Å²) in [6.45, 7) is 3.84. The second kappa shape index (κ2) is 8.81. The van der Waals surface area contributed by atoms with Crippen molar-refractivity contribution in [3.8, 4) is 17.1 Å². The molecule has 0 saturated heterocycles. The topological polar surface area (TPSA) is 74.5 Å². The third-order valence-electron chi connectivity index (χ3n) is 3.56. The van der Waals surface area contributed by atoms with E-state index in [0.29, 0.717) is 28.6 Å². The highest BCUT2D eigenvalue weighted by Gasteiger charge is 2.19. The summed E-state index contributed by atoms with van der Waals surface area (Å²) in [4.78, 5) is 16.3. The highest BCUT2D eigenvalue weighted by atomic mass is 127. The number of allylic oxidation sites excluding steroid dienone is 1. The minimum atomic E-state index is -0.483. The van der Waals surface area contributed by atoms with Gasteiger partial charge in [0.05, 0.1) is 20.1 Å². The molecule has 2 rings (SSSR count). The van der Waals surface area contributed by atoms with Gasteiger partial charge in [-0.1, -0.05) is 33.8 Å². The van der Waals surface area contributed by atoms with Gasteiger partial charge in [-0.15, -0.1) is 6.58 Å². The van der Waals surface area contributed by atoms with Crippen LogP contribution >= 0.6 is 22.6 Å². The van der Waals surface area contributed by atoms with Crippen LogP contribution in [-0.2, 0) is 4.74 Å². The van der Waals surface area contributed by atoms with Crippen LogP contribution in [0.4, 0.5) is 0 Å². The number of carbonyl (C=O) groups excluding carboxylic acids is 1. The highest BCUT2D eigenvalue weighted by molar-refractivity contribution is 14.1. The molecule has 0 saturated carbocycles. The van der Waals surface area contributed by atoms with Crippen LogP contribution in [0.2, 0.25) is 0 Å². The van der Waals surface area contributed by atoms with Gasteiger partial charge in [-0.05, 0) is 35.5 Å². The second-order valence-corrected chi connectivity index (χ2v) is 6.12. The summed E-state index contributed by atoms with van der Waals surface area (Å²) in [5.74, 6) is 0.919. The van der Waals surface area contributed by atoms with Gasteiger partial charge in [0, 0.05) is 5.56 Å². The average molecular weight is 442 g/mol. The number of hydrogen-bond acceptors (Lipinski definition) is 6. The molecular formula is C17H19IN2O4. The second-order valence-electron chi connectivity index (χ2n) is 5.04. The van der Waals surface area contributed by atoms with Crippen LogP contribution in [0.25, 0.3) is 11.4 Å². The molecule has 6 nitrogen and oxygen atoms in total. The van der Waals surface area contributed by atoms with E-state index in [1.807, 2.05) is 6.08 Å². The van der Waals surface area contributed by atoms with Gasteiger partial charge in [0.1, 0.15) is 11.3 Å². The minimum absolute atomic E-state index is 0.0272. The van der Waals surface area contributed by atoms with Crippen LogP contribution in [0.1, 0.15) is 35.0 Å². The van der Waals surface area contributed by atoms with Gasteiger partial charge < -0.3 is 14.0 Å². The number of ether oxygens (including phenoxy) is 2. The monoisotopic (exact) mass is 442 g/mol. The first-order valence-electron chi connectivity index (χ1n) is 7.43. The summed E-state index contributed by atoms with van der Waals surface area (Å²) < 4.78 is 16.4.